The highest BCUT2D eigenvalue weighted by Gasteiger charge is 2.17. The van der Waals surface area contributed by atoms with Gasteiger partial charge in [0.15, 0.2) is 0 Å². The molecule has 27 heavy (non-hydrogen) atoms. The Labute approximate surface area is 157 Å². The van der Waals surface area contributed by atoms with Crippen LogP contribution in [0.4, 0.5) is 17.1 Å². The number of nitro benzene ring substituents is 1. The Hall–Kier alpha value is -3.66. The highest BCUT2D eigenvalue weighted by atomic mass is 16.6. The lowest BCUT2D eigenvalue weighted by atomic mass is 10.1. The molecule has 0 aliphatic rings. The van der Waals surface area contributed by atoms with E-state index in [2.05, 4.69) is 5.32 Å². The van der Waals surface area contributed by atoms with Crippen molar-refractivity contribution in [1.82, 2.24) is 0 Å². The number of nitriles is 1. The Morgan fingerprint density at radius 2 is 1.93 bits per heavy atom. The molecule has 0 fully saturated rings. The van der Waals surface area contributed by atoms with Crippen LogP contribution in [0.25, 0.3) is 6.08 Å². The summed E-state index contributed by atoms with van der Waals surface area (Å²) < 4.78 is 0. The van der Waals surface area contributed by atoms with Crippen LogP contribution in [0.15, 0.2) is 48.0 Å². The van der Waals surface area contributed by atoms with Gasteiger partial charge >= 0.3 is 0 Å². The van der Waals surface area contributed by atoms with E-state index < -0.39 is 10.8 Å². The van der Waals surface area contributed by atoms with Crippen molar-refractivity contribution in [2.75, 3.05) is 24.3 Å². The molecule has 0 aliphatic heterocycles. The number of hydrogen-bond donors (Lipinski definition) is 1. The molecule has 1 N–H and O–H groups in total. The van der Waals surface area contributed by atoms with Crippen molar-refractivity contribution in [3.05, 3.63) is 69.3 Å². The van der Waals surface area contributed by atoms with Gasteiger partial charge in [-0.05, 0) is 41.8 Å². The lowest BCUT2D eigenvalue weighted by molar-refractivity contribution is -0.384. The van der Waals surface area contributed by atoms with Gasteiger partial charge in [-0.25, -0.2) is 0 Å². The standard InChI is InChI=1S/C20H20N4O3/c1-4-14-5-8-17(9-6-14)22-20(25)16(13-21)11-15-7-10-18(23(2)3)19(12-15)24(26)27/h5-12H,4H2,1-3H3,(H,22,25)/b16-11+. The minimum Gasteiger partial charge on any atom is -0.372 e. The van der Waals surface area contributed by atoms with Crippen LogP contribution in [0.5, 0.6) is 0 Å². The van der Waals surface area contributed by atoms with E-state index in [1.54, 1.807) is 43.3 Å². The number of carbonyl (C=O) groups is 1. The zero-order valence-corrected chi connectivity index (χ0v) is 15.4. The first-order valence-corrected chi connectivity index (χ1v) is 8.33. The van der Waals surface area contributed by atoms with Crippen molar-refractivity contribution in [2.45, 2.75) is 13.3 Å². The van der Waals surface area contributed by atoms with Gasteiger partial charge in [-0.3, -0.25) is 14.9 Å². The molecule has 0 bridgehead atoms. The molecule has 2 aromatic rings. The summed E-state index contributed by atoms with van der Waals surface area (Å²) in [6.07, 6.45) is 2.22. The lowest BCUT2D eigenvalue weighted by Crippen LogP contribution is -2.13. The van der Waals surface area contributed by atoms with Crippen LogP contribution in [0.3, 0.4) is 0 Å². The summed E-state index contributed by atoms with van der Waals surface area (Å²) in [4.78, 5) is 24.8. The molecule has 7 heteroatoms. The van der Waals surface area contributed by atoms with Crippen molar-refractivity contribution < 1.29 is 9.72 Å². The molecule has 1 amide bonds. The van der Waals surface area contributed by atoms with Gasteiger partial charge < -0.3 is 10.2 Å². The number of carbonyl (C=O) groups excluding carboxylic acids is 1. The Morgan fingerprint density at radius 1 is 1.26 bits per heavy atom. The van der Waals surface area contributed by atoms with E-state index in [9.17, 15) is 20.2 Å². The van der Waals surface area contributed by atoms with Crippen molar-refractivity contribution in [1.29, 1.82) is 5.26 Å². The topological polar surface area (TPSA) is 99.3 Å². The van der Waals surface area contributed by atoms with Crippen LogP contribution in [0.1, 0.15) is 18.1 Å². The average molecular weight is 364 g/mol. The minimum absolute atomic E-state index is 0.0957. The van der Waals surface area contributed by atoms with E-state index in [1.807, 2.05) is 25.1 Å². The molecule has 0 unspecified atom stereocenters. The summed E-state index contributed by atoms with van der Waals surface area (Å²) in [5.41, 5.74) is 2.32. The molecule has 0 spiro atoms. The minimum atomic E-state index is -0.568. The fourth-order valence-corrected chi connectivity index (χ4v) is 2.49. The normalized spacial score (nSPS) is 10.8. The summed E-state index contributed by atoms with van der Waals surface area (Å²) in [7, 11) is 3.41. The molecule has 0 radical (unpaired) electrons. The fraction of sp³-hybridized carbons (Fsp3) is 0.200. The zero-order valence-electron chi connectivity index (χ0n) is 15.4. The third kappa shape index (κ3) is 4.92. The molecule has 0 aromatic heterocycles. The third-order valence-electron chi connectivity index (χ3n) is 3.97. The Morgan fingerprint density at radius 3 is 2.44 bits per heavy atom. The van der Waals surface area contributed by atoms with Gasteiger partial charge in [-0.1, -0.05) is 25.1 Å². The van der Waals surface area contributed by atoms with Crippen molar-refractivity contribution in [3.8, 4) is 6.07 Å². The second kappa shape index (κ2) is 8.63. The monoisotopic (exact) mass is 364 g/mol. The van der Waals surface area contributed by atoms with Crippen LogP contribution >= 0.6 is 0 Å². The summed E-state index contributed by atoms with van der Waals surface area (Å²) in [6.45, 7) is 2.03. The van der Waals surface area contributed by atoms with Crippen molar-refractivity contribution in [3.63, 3.8) is 0 Å². The van der Waals surface area contributed by atoms with E-state index in [0.29, 0.717) is 16.9 Å². The van der Waals surface area contributed by atoms with Crippen LogP contribution in [0.2, 0.25) is 0 Å². The van der Waals surface area contributed by atoms with Crippen LogP contribution in [-0.4, -0.2) is 24.9 Å². The number of rotatable bonds is 6. The maximum absolute atomic E-state index is 12.4. The summed E-state index contributed by atoms with van der Waals surface area (Å²) >= 11 is 0. The van der Waals surface area contributed by atoms with Gasteiger partial charge in [0.1, 0.15) is 17.3 Å². The van der Waals surface area contributed by atoms with Crippen LogP contribution in [0, 0.1) is 21.4 Å². The number of benzene rings is 2. The number of anilines is 2. The number of nitro groups is 1. The summed E-state index contributed by atoms with van der Waals surface area (Å²) in [5.74, 6) is -0.568. The number of nitrogens with zero attached hydrogens (tertiary/aromatic N) is 3. The maximum atomic E-state index is 12.4. The van der Waals surface area contributed by atoms with E-state index in [0.717, 1.165) is 12.0 Å². The number of nitrogens with one attached hydrogen (secondary N) is 1. The third-order valence-corrected chi connectivity index (χ3v) is 3.97. The zero-order chi connectivity index (χ0) is 20.0. The van der Waals surface area contributed by atoms with E-state index >= 15 is 0 Å². The van der Waals surface area contributed by atoms with E-state index in [1.165, 1.54) is 12.1 Å². The van der Waals surface area contributed by atoms with E-state index in [4.69, 9.17) is 0 Å². The van der Waals surface area contributed by atoms with Gasteiger partial charge in [0.25, 0.3) is 11.6 Å². The second-order valence-electron chi connectivity index (χ2n) is 6.07. The Bertz CT molecular complexity index is 925. The first kappa shape index (κ1) is 19.7. The lowest BCUT2D eigenvalue weighted by Gasteiger charge is -2.12. The molecule has 0 heterocycles. The fourth-order valence-electron chi connectivity index (χ4n) is 2.49. The number of aryl methyl sites for hydroxylation is 1. The number of hydrogen-bond acceptors (Lipinski definition) is 5. The smallest absolute Gasteiger partial charge is 0.293 e. The average Bonchev–Trinajstić information content (AvgIpc) is 2.66. The number of amides is 1. The molecule has 0 saturated heterocycles. The van der Waals surface area contributed by atoms with Gasteiger partial charge in [-0.2, -0.15) is 5.26 Å². The first-order chi connectivity index (χ1) is 12.8. The largest absolute Gasteiger partial charge is 0.372 e. The molecule has 7 nitrogen and oxygen atoms in total. The van der Waals surface area contributed by atoms with Crippen molar-refractivity contribution in [2.24, 2.45) is 0 Å². The molecule has 0 saturated carbocycles. The Kier molecular flexibility index (Phi) is 6.28. The predicted octanol–water partition coefficient (Wildman–Crippen LogP) is 3.77. The molecule has 2 rings (SSSR count). The SMILES string of the molecule is CCc1ccc(NC(=O)/C(C#N)=C/c2ccc(N(C)C)c([N+](=O)[O-])c2)cc1. The van der Waals surface area contributed by atoms with Gasteiger partial charge in [0, 0.05) is 25.8 Å². The van der Waals surface area contributed by atoms with Gasteiger partial charge in [0.2, 0.25) is 0 Å². The molecule has 0 aliphatic carbocycles. The predicted molar refractivity (Wildman–Crippen MR) is 105 cm³/mol. The first-order valence-electron chi connectivity index (χ1n) is 8.33. The molecule has 138 valence electrons. The molecular weight excluding hydrogens is 344 g/mol. The van der Waals surface area contributed by atoms with Gasteiger partial charge in [0.05, 0.1) is 4.92 Å². The summed E-state index contributed by atoms with van der Waals surface area (Å²) in [6, 6.07) is 13.7. The van der Waals surface area contributed by atoms with Crippen molar-refractivity contribution >= 4 is 29.0 Å². The molecular formula is C20H20N4O3. The van der Waals surface area contributed by atoms with Crippen LogP contribution < -0.4 is 10.2 Å². The maximum Gasteiger partial charge on any atom is 0.293 e. The highest BCUT2D eigenvalue weighted by molar-refractivity contribution is 6.09. The second-order valence-corrected chi connectivity index (χ2v) is 6.07. The van der Waals surface area contributed by atoms with Crippen LogP contribution in [-0.2, 0) is 11.2 Å². The Balaban J connectivity index is 2.29. The summed E-state index contributed by atoms with van der Waals surface area (Å²) in [5, 5.41) is 23.3. The van der Waals surface area contributed by atoms with Gasteiger partial charge in [-0.15, -0.1) is 0 Å². The molecule has 0 atom stereocenters. The quantitative estimate of drug-likeness (QED) is 0.364. The highest BCUT2D eigenvalue weighted by Crippen LogP contribution is 2.28. The molecule has 2 aromatic carbocycles. The van der Waals surface area contributed by atoms with E-state index in [-0.39, 0.29) is 11.3 Å².